The monoisotopic (exact) mass is 366 g/mol. The molecule has 6 nitrogen and oxygen atoms in total. The van der Waals surface area contributed by atoms with Crippen molar-refractivity contribution < 1.29 is 9.47 Å². The average molecular weight is 366 g/mol. The molecule has 1 aromatic carbocycles. The van der Waals surface area contributed by atoms with Gasteiger partial charge in [0.25, 0.3) is 0 Å². The van der Waals surface area contributed by atoms with E-state index in [9.17, 15) is 0 Å². The van der Waals surface area contributed by atoms with Gasteiger partial charge in [0.1, 0.15) is 23.5 Å². The second kappa shape index (κ2) is 6.85. The quantitative estimate of drug-likeness (QED) is 0.791. The van der Waals surface area contributed by atoms with E-state index in [0.29, 0.717) is 5.69 Å². The molecule has 0 spiro atoms. The Bertz CT molecular complexity index is 863. The topological polar surface area (TPSA) is 73.5 Å². The van der Waals surface area contributed by atoms with Crippen LogP contribution in [0.2, 0.25) is 0 Å². The van der Waals surface area contributed by atoms with Crippen LogP contribution in [0.5, 0.6) is 5.75 Å². The lowest BCUT2D eigenvalue weighted by Crippen LogP contribution is -2.23. The molecule has 1 aliphatic heterocycles. The molecule has 1 atom stereocenters. The Morgan fingerprint density at radius 3 is 2.81 bits per heavy atom. The number of rotatable bonds is 6. The maximum atomic E-state index is 6.22. The number of hydrogen-bond donors (Lipinski definition) is 1. The minimum absolute atomic E-state index is 0.0373. The second-order valence-corrected chi connectivity index (χ2v) is 7.63. The SMILES string of the molecule is C=C(c1cc(N2CCC(OC)C2)ncn1)c1cc(OC2(C)CC2)ccc1N. The molecule has 2 heterocycles. The van der Waals surface area contributed by atoms with Crippen LogP contribution in [0.15, 0.2) is 37.2 Å². The number of aromatic nitrogens is 2. The van der Waals surface area contributed by atoms with Crippen molar-refractivity contribution in [2.75, 3.05) is 30.8 Å². The zero-order valence-corrected chi connectivity index (χ0v) is 15.9. The zero-order chi connectivity index (χ0) is 19.0. The molecule has 6 heteroatoms. The fourth-order valence-electron chi connectivity index (χ4n) is 3.37. The molecule has 2 aliphatic rings. The maximum Gasteiger partial charge on any atom is 0.132 e. The van der Waals surface area contributed by atoms with Gasteiger partial charge in [0, 0.05) is 43.1 Å². The van der Waals surface area contributed by atoms with Crippen molar-refractivity contribution in [1.29, 1.82) is 0 Å². The molecule has 4 rings (SSSR count). The smallest absolute Gasteiger partial charge is 0.132 e. The average Bonchev–Trinajstić information content (AvgIpc) is 3.21. The number of ether oxygens (including phenoxy) is 2. The predicted molar refractivity (Wildman–Crippen MR) is 107 cm³/mol. The van der Waals surface area contributed by atoms with Crippen LogP contribution in [-0.4, -0.2) is 41.9 Å². The Kier molecular flexibility index (Phi) is 4.52. The highest BCUT2D eigenvalue weighted by Gasteiger charge is 2.40. The molecule has 1 saturated heterocycles. The van der Waals surface area contributed by atoms with E-state index in [0.717, 1.165) is 60.7 Å². The van der Waals surface area contributed by atoms with Crippen LogP contribution >= 0.6 is 0 Å². The molecule has 0 radical (unpaired) electrons. The molecule has 0 bridgehead atoms. The minimum Gasteiger partial charge on any atom is -0.488 e. The van der Waals surface area contributed by atoms with Gasteiger partial charge in [0.05, 0.1) is 11.8 Å². The molecule has 0 amide bonds. The Balaban J connectivity index is 1.57. The van der Waals surface area contributed by atoms with E-state index >= 15 is 0 Å². The number of nitrogen functional groups attached to an aromatic ring is 1. The molecule has 2 aromatic rings. The van der Waals surface area contributed by atoms with E-state index in [1.807, 2.05) is 24.3 Å². The summed E-state index contributed by atoms with van der Waals surface area (Å²) in [6.45, 7) is 8.12. The third kappa shape index (κ3) is 3.76. The van der Waals surface area contributed by atoms with Gasteiger partial charge in [0.2, 0.25) is 0 Å². The van der Waals surface area contributed by atoms with E-state index in [1.54, 1.807) is 13.4 Å². The van der Waals surface area contributed by atoms with Crippen molar-refractivity contribution in [2.24, 2.45) is 0 Å². The molecule has 1 aromatic heterocycles. The predicted octanol–water partition coefficient (Wildman–Crippen LogP) is 3.28. The number of anilines is 2. The second-order valence-electron chi connectivity index (χ2n) is 7.63. The summed E-state index contributed by atoms with van der Waals surface area (Å²) in [4.78, 5) is 11.1. The van der Waals surface area contributed by atoms with Crippen LogP contribution in [0.4, 0.5) is 11.5 Å². The lowest BCUT2D eigenvalue weighted by Gasteiger charge is -2.18. The van der Waals surface area contributed by atoms with Crippen LogP contribution in [-0.2, 0) is 4.74 Å². The lowest BCUT2D eigenvalue weighted by atomic mass is 10.0. The highest BCUT2D eigenvalue weighted by atomic mass is 16.5. The van der Waals surface area contributed by atoms with Crippen molar-refractivity contribution in [3.8, 4) is 5.75 Å². The molecule has 2 N–H and O–H groups in total. The van der Waals surface area contributed by atoms with E-state index in [4.69, 9.17) is 15.2 Å². The van der Waals surface area contributed by atoms with Crippen LogP contribution < -0.4 is 15.4 Å². The molecular formula is C21H26N4O2. The van der Waals surface area contributed by atoms with E-state index in [2.05, 4.69) is 28.4 Å². The van der Waals surface area contributed by atoms with E-state index in [1.165, 1.54) is 0 Å². The van der Waals surface area contributed by atoms with Gasteiger partial charge in [-0.05, 0) is 44.4 Å². The Morgan fingerprint density at radius 2 is 2.11 bits per heavy atom. The fraction of sp³-hybridized carbons (Fsp3) is 0.429. The van der Waals surface area contributed by atoms with Gasteiger partial charge in [-0.2, -0.15) is 0 Å². The van der Waals surface area contributed by atoms with Gasteiger partial charge < -0.3 is 20.1 Å². The van der Waals surface area contributed by atoms with Crippen LogP contribution in [0.1, 0.15) is 37.4 Å². The first-order valence-electron chi connectivity index (χ1n) is 9.35. The van der Waals surface area contributed by atoms with Gasteiger partial charge in [-0.25, -0.2) is 9.97 Å². The Hall–Kier alpha value is -2.60. The van der Waals surface area contributed by atoms with Gasteiger partial charge in [-0.1, -0.05) is 6.58 Å². The van der Waals surface area contributed by atoms with E-state index in [-0.39, 0.29) is 11.7 Å². The maximum absolute atomic E-state index is 6.22. The van der Waals surface area contributed by atoms with Gasteiger partial charge in [-0.15, -0.1) is 0 Å². The van der Waals surface area contributed by atoms with Gasteiger partial charge in [-0.3, -0.25) is 0 Å². The summed E-state index contributed by atoms with van der Waals surface area (Å²) in [6, 6.07) is 7.71. The lowest BCUT2D eigenvalue weighted by molar-refractivity contribution is 0.121. The van der Waals surface area contributed by atoms with Gasteiger partial charge >= 0.3 is 0 Å². The summed E-state index contributed by atoms with van der Waals surface area (Å²) >= 11 is 0. The Morgan fingerprint density at radius 1 is 1.30 bits per heavy atom. The molecule has 27 heavy (non-hydrogen) atoms. The Labute approximate surface area is 160 Å². The van der Waals surface area contributed by atoms with Crippen LogP contribution in [0.25, 0.3) is 5.57 Å². The van der Waals surface area contributed by atoms with Crippen molar-refractivity contribution in [1.82, 2.24) is 9.97 Å². The molecule has 1 saturated carbocycles. The molecule has 1 aliphatic carbocycles. The molecule has 1 unspecified atom stereocenters. The highest BCUT2D eigenvalue weighted by molar-refractivity contribution is 5.84. The summed E-state index contributed by atoms with van der Waals surface area (Å²) in [7, 11) is 1.75. The van der Waals surface area contributed by atoms with Crippen molar-refractivity contribution >= 4 is 17.1 Å². The third-order valence-electron chi connectivity index (χ3n) is 5.43. The van der Waals surface area contributed by atoms with Crippen LogP contribution in [0.3, 0.4) is 0 Å². The molecular weight excluding hydrogens is 340 g/mol. The summed E-state index contributed by atoms with van der Waals surface area (Å²) in [5.74, 6) is 1.70. The number of benzene rings is 1. The van der Waals surface area contributed by atoms with Crippen molar-refractivity contribution in [3.05, 3.63) is 48.4 Å². The summed E-state index contributed by atoms with van der Waals surface area (Å²) < 4.78 is 11.5. The first-order chi connectivity index (χ1) is 13.0. The first kappa shape index (κ1) is 17.8. The number of nitrogens with zero attached hydrogens (tertiary/aromatic N) is 3. The third-order valence-corrected chi connectivity index (χ3v) is 5.43. The standard InChI is InChI=1S/C21H26N4O2/c1-14(17-10-15(4-5-18(17)22)27-21(2)7-8-21)19-11-20(24-13-23-19)25-9-6-16(12-25)26-3/h4-5,10-11,13,16H,1,6-9,12,22H2,2-3H3. The number of hydrogen-bond acceptors (Lipinski definition) is 6. The normalized spacial score (nSPS) is 20.5. The summed E-state index contributed by atoms with van der Waals surface area (Å²) in [5.41, 5.74) is 9.22. The fourth-order valence-corrected chi connectivity index (χ4v) is 3.37. The molecule has 2 fully saturated rings. The first-order valence-corrected chi connectivity index (χ1v) is 9.35. The van der Waals surface area contributed by atoms with Crippen molar-refractivity contribution in [3.63, 3.8) is 0 Å². The largest absolute Gasteiger partial charge is 0.488 e. The number of methoxy groups -OCH3 is 1. The number of nitrogens with two attached hydrogens (primary N) is 1. The highest BCUT2D eigenvalue weighted by Crippen LogP contribution is 2.40. The summed E-state index contributed by atoms with van der Waals surface area (Å²) in [6.07, 6.45) is 5.00. The van der Waals surface area contributed by atoms with E-state index < -0.39 is 0 Å². The van der Waals surface area contributed by atoms with Gasteiger partial charge in [0.15, 0.2) is 0 Å². The molecule has 142 valence electrons. The minimum atomic E-state index is -0.0373. The van der Waals surface area contributed by atoms with Crippen LogP contribution in [0, 0.1) is 0 Å². The summed E-state index contributed by atoms with van der Waals surface area (Å²) in [5, 5.41) is 0. The zero-order valence-electron chi connectivity index (χ0n) is 15.9. The van der Waals surface area contributed by atoms with Crippen molar-refractivity contribution in [2.45, 2.75) is 37.9 Å².